The van der Waals surface area contributed by atoms with Crippen molar-refractivity contribution in [3.8, 4) is 0 Å². The van der Waals surface area contributed by atoms with Crippen LogP contribution in [0.1, 0.15) is 17.2 Å². The smallest absolute Gasteiger partial charge is 0.0602 e. The quantitative estimate of drug-likeness (QED) is 0.848. The Hall–Kier alpha value is -1.64. The van der Waals surface area contributed by atoms with E-state index in [0.29, 0.717) is 6.04 Å². The molecule has 2 aromatic rings. The number of hydrogen-bond donors (Lipinski definition) is 0. The number of nitrogens with zero attached hydrogens (tertiary/aromatic N) is 2. The standard InChI is InChI=1S/C19H23N2/c1-2-20-13-15-21(16-14-20)19(17-9-5-3-6-10-17)18-11-7-4-8-12-18/h3-12,19H,1-2,13-16H2. The summed E-state index contributed by atoms with van der Waals surface area (Å²) in [6.07, 6.45) is 0. The van der Waals surface area contributed by atoms with Gasteiger partial charge in [0.15, 0.2) is 0 Å². The molecule has 1 heterocycles. The third-order valence-corrected chi connectivity index (χ3v) is 4.32. The van der Waals surface area contributed by atoms with E-state index in [9.17, 15) is 0 Å². The molecule has 1 aliphatic heterocycles. The minimum Gasteiger partial charge on any atom is -0.301 e. The third-order valence-electron chi connectivity index (χ3n) is 4.32. The summed E-state index contributed by atoms with van der Waals surface area (Å²) in [7, 11) is 0. The Bertz CT molecular complexity index is 491. The van der Waals surface area contributed by atoms with Crippen LogP contribution in [0.2, 0.25) is 0 Å². The van der Waals surface area contributed by atoms with Crippen LogP contribution in [0.4, 0.5) is 0 Å². The van der Waals surface area contributed by atoms with Crippen molar-refractivity contribution in [2.75, 3.05) is 32.7 Å². The maximum Gasteiger partial charge on any atom is 0.0602 e. The largest absolute Gasteiger partial charge is 0.301 e. The Morgan fingerprint density at radius 1 is 0.762 bits per heavy atom. The molecule has 0 N–H and O–H groups in total. The fourth-order valence-corrected chi connectivity index (χ4v) is 3.13. The zero-order valence-electron chi connectivity index (χ0n) is 12.5. The molecule has 0 atom stereocenters. The number of benzene rings is 2. The SMILES string of the molecule is [CH2]CN1CCN(C(c2ccccc2)c2ccccc2)CC1. The van der Waals surface area contributed by atoms with Crippen LogP contribution in [0.3, 0.4) is 0 Å². The predicted octanol–water partition coefficient (Wildman–Crippen LogP) is 3.23. The lowest BCUT2D eigenvalue weighted by Gasteiger charge is -2.39. The van der Waals surface area contributed by atoms with E-state index in [1.54, 1.807) is 0 Å². The molecule has 0 spiro atoms. The predicted molar refractivity (Wildman–Crippen MR) is 88.1 cm³/mol. The molecule has 21 heavy (non-hydrogen) atoms. The van der Waals surface area contributed by atoms with Gasteiger partial charge in [0, 0.05) is 26.2 Å². The van der Waals surface area contributed by atoms with Crippen LogP contribution in [0.15, 0.2) is 60.7 Å². The zero-order valence-corrected chi connectivity index (χ0v) is 12.5. The van der Waals surface area contributed by atoms with Crippen molar-refractivity contribution >= 4 is 0 Å². The summed E-state index contributed by atoms with van der Waals surface area (Å²) in [5, 5.41) is 0. The average Bonchev–Trinajstić information content (AvgIpc) is 2.58. The van der Waals surface area contributed by atoms with E-state index in [2.05, 4.69) is 77.4 Å². The average molecular weight is 279 g/mol. The maximum absolute atomic E-state index is 4.00. The van der Waals surface area contributed by atoms with Crippen molar-refractivity contribution in [3.63, 3.8) is 0 Å². The minimum atomic E-state index is 0.361. The van der Waals surface area contributed by atoms with Gasteiger partial charge in [0.2, 0.25) is 0 Å². The van der Waals surface area contributed by atoms with Crippen LogP contribution >= 0.6 is 0 Å². The van der Waals surface area contributed by atoms with Crippen LogP contribution in [0.5, 0.6) is 0 Å². The molecule has 0 aromatic heterocycles. The van der Waals surface area contributed by atoms with Crippen molar-refractivity contribution in [2.24, 2.45) is 0 Å². The van der Waals surface area contributed by atoms with Crippen molar-refractivity contribution in [1.29, 1.82) is 0 Å². The second kappa shape index (κ2) is 6.88. The van der Waals surface area contributed by atoms with Gasteiger partial charge in [0.05, 0.1) is 6.04 Å². The van der Waals surface area contributed by atoms with Crippen LogP contribution < -0.4 is 0 Å². The molecule has 109 valence electrons. The maximum atomic E-state index is 4.00. The normalized spacial score (nSPS) is 17.2. The van der Waals surface area contributed by atoms with Gasteiger partial charge in [-0.05, 0) is 24.6 Å². The van der Waals surface area contributed by atoms with Crippen LogP contribution in [0, 0.1) is 6.92 Å². The van der Waals surface area contributed by atoms with Gasteiger partial charge < -0.3 is 4.90 Å². The van der Waals surface area contributed by atoms with Crippen LogP contribution in [0.25, 0.3) is 0 Å². The van der Waals surface area contributed by atoms with E-state index in [0.717, 1.165) is 32.7 Å². The van der Waals surface area contributed by atoms with Gasteiger partial charge in [-0.3, -0.25) is 4.90 Å². The molecule has 1 aliphatic rings. The fraction of sp³-hybridized carbons (Fsp3) is 0.316. The number of rotatable bonds is 4. The molecule has 0 amide bonds. The van der Waals surface area contributed by atoms with Crippen LogP contribution in [-0.2, 0) is 0 Å². The fourth-order valence-electron chi connectivity index (χ4n) is 3.13. The van der Waals surface area contributed by atoms with Gasteiger partial charge in [0.25, 0.3) is 0 Å². The first-order valence-electron chi connectivity index (χ1n) is 7.74. The van der Waals surface area contributed by atoms with E-state index in [1.807, 2.05) is 0 Å². The molecule has 0 saturated carbocycles. The summed E-state index contributed by atoms with van der Waals surface area (Å²) in [4.78, 5) is 5.01. The molecule has 2 nitrogen and oxygen atoms in total. The summed E-state index contributed by atoms with van der Waals surface area (Å²) in [5.41, 5.74) is 2.76. The van der Waals surface area contributed by atoms with E-state index in [1.165, 1.54) is 11.1 Å². The first-order valence-corrected chi connectivity index (χ1v) is 7.74. The monoisotopic (exact) mass is 279 g/mol. The molecule has 0 bridgehead atoms. The van der Waals surface area contributed by atoms with Gasteiger partial charge in [0.1, 0.15) is 0 Å². The molecule has 1 fully saturated rings. The molecular formula is C19H23N2. The summed E-state index contributed by atoms with van der Waals surface area (Å²) in [5.74, 6) is 0. The van der Waals surface area contributed by atoms with Crippen molar-refractivity contribution < 1.29 is 0 Å². The Labute approximate surface area is 128 Å². The van der Waals surface area contributed by atoms with Gasteiger partial charge in [-0.2, -0.15) is 0 Å². The van der Waals surface area contributed by atoms with Gasteiger partial charge in [-0.1, -0.05) is 60.7 Å². The highest BCUT2D eigenvalue weighted by Crippen LogP contribution is 2.29. The first-order chi connectivity index (χ1) is 10.4. The van der Waals surface area contributed by atoms with E-state index in [-0.39, 0.29) is 0 Å². The molecule has 0 aliphatic carbocycles. The molecule has 3 rings (SSSR count). The Kier molecular flexibility index (Phi) is 4.69. The molecule has 2 aromatic carbocycles. The van der Waals surface area contributed by atoms with Crippen molar-refractivity contribution in [1.82, 2.24) is 9.80 Å². The lowest BCUT2D eigenvalue weighted by Crippen LogP contribution is -2.47. The van der Waals surface area contributed by atoms with Gasteiger partial charge in [-0.15, -0.1) is 0 Å². The lowest BCUT2D eigenvalue weighted by atomic mass is 9.96. The molecular weight excluding hydrogens is 256 g/mol. The number of hydrogen-bond acceptors (Lipinski definition) is 2. The molecule has 2 heteroatoms. The summed E-state index contributed by atoms with van der Waals surface area (Å²) >= 11 is 0. The zero-order chi connectivity index (χ0) is 14.5. The van der Waals surface area contributed by atoms with Crippen molar-refractivity contribution in [2.45, 2.75) is 6.04 Å². The van der Waals surface area contributed by atoms with Crippen LogP contribution in [-0.4, -0.2) is 42.5 Å². The van der Waals surface area contributed by atoms with E-state index >= 15 is 0 Å². The molecule has 1 radical (unpaired) electrons. The highest BCUT2D eigenvalue weighted by Gasteiger charge is 2.25. The Morgan fingerprint density at radius 2 is 1.24 bits per heavy atom. The van der Waals surface area contributed by atoms with E-state index < -0.39 is 0 Å². The summed E-state index contributed by atoms with van der Waals surface area (Å²) in [6, 6.07) is 22.1. The lowest BCUT2D eigenvalue weighted by molar-refractivity contribution is 0.117. The topological polar surface area (TPSA) is 6.48 Å². The third kappa shape index (κ3) is 3.34. The van der Waals surface area contributed by atoms with Gasteiger partial charge in [-0.25, -0.2) is 0 Å². The Balaban J connectivity index is 1.87. The van der Waals surface area contributed by atoms with E-state index in [4.69, 9.17) is 0 Å². The highest BCUT2D eigenvalue weighted by molar-refractivity contribution is 5.31. The first kappa shape index (κ1) is 14.3. The summed E-state index contributed by atoms with van der Waals surface area (Å²) in [6.45, 7) is 9.34. The Morgan fingerprint density at radius 3 is 1.67 bits per heavy atom. The minimum absolute atomic E-state index is 0.361. The van der Waals surface area contributed by atoms with Crippen molar-refractivity contribution in [3.05, 3.63) is 78.7 Å². The molecule has 1 saturated heterocycles. The second-order valence-electron chi connectivity index (χ2n) is 5.60. The van der Waals surface area contributed by atoms with Gasteiger partial charge >= 0.3 is 0 Å². The summed E-state index contributed by atoms with van der Waals surface area (Å²) < 4.78 is 0. The second-order valence-corrected chi connectivity index (χ2v) is 5.60. The molecule has 0 unspecified atom stereocenters. The highest BCUT2D eigenvalue weighted by atomic mass is 15.3. The number of piperazine rings is 1.